The summed E-state index contributed by atoms with van der Waals surface area (Å²) >= 11 is 0.943. The van der Waals surface area contributed by atoms with E-state index >= 15 is 0 Å². The lowest BCUT2D eigenvalue weighted by Gasteiger charge is -2.17. The Morgan fingerprint density at radius 3 is 1.89 bits per heavy atom. The van der Waals surface area contributed by atoms with Gasteiger partial charge in [-0.2, -0.15) is 8.78 Å². The van der Waals surface area contributed by atoms with E-state index < -0.39 is 10.0 Å². The molecule has 0 amide bonds. The molecular weight excluding hydrogens is 349 g/mol. The van der Waals surface area contributed by atoms with Gasteiger partial charge in [0.2, 0.25) is 0 Å². The van der Waals surface area contributed by atoms with E-state index in [1.54, 1.807) is 12.1 Å². The molecule has 0 aliphatic carbocycles. The lowest BCUT2D eigenvalue weighted by molar-refractivity contribution is -0.0206. The van der Waals surface area contributed by atoms with Crippen LogP contribution in [0.4, 0.5) is 8.78 Å². The molecule has 2 aromatic carbocycles. The van der Waals surface area contributed by atoms with Crippen molar-refractivity contribution in [2.24, 2.45) is 0 Å². The molecule has 4 heteroatoms. The number of alkyl halides is 3. The summed E-state index contributed by atoms with van der Waals surface area (Å²) in [6.45, 7) is 0. The van der Waals surface area contributed by atoms with E-state index in [4.69, 9.17) is 0 Å². The molecule has 0 fully saturated rings. The van der Waals surface area contributed by atoms with Gasteiger partial charge in [0.05, 0.1) is 0 Å². The Morgan fingerprint density at radius 2 is 1.39 bits per heavy atom. The molecule has 1 nitrogen and oxygen atoms in total. The van der Waals surface area contributed by atoms with Gasteiger partial charge in [0.25, 0.3) is 0 Å². The van der Waals surface area contributed by atoms with Gasteiger partial charge in [0, 0.05) is 22.6 Å². The number of halogens is 3. The van der Waals surface area contributed by atoms with Gasteiger partial charge in [-0.3, -0.25) is 0 Å². The van der Waals surface area contributed by atoms with Crippen LogP contribution in [-0.2, 0) is 0 Å². The van der Waals surface area contributed by atoms with Crippen molar-refractivity contribution in [1.82, 2.24) is 0 Å². The molecule has 0 saturated carbocycles. The Bertz CT molecular complexity index is 506. The summed E-state index contributed by atoms with van der Waals surface area (Å²) in [5.74, 6) is 0. The number of rotatable bonds is 3. The standard InChI is InChI=1S/C14H11F2IO/c15-14(16,17)13(18)12-8-6-11(7-9-12)10-4-2-1-3-5-10/h1-9,13,18H. The van der Waals surface area contributed by atoms with Crippen LogP contribution in [0.15, 0.2) is 54.6 Å². The SMILES string of the molecule is OC(c1ccc(-c2ccccc2)cc1)C(F)(F)I. The van der Waals surface area contributed by atoms with Crippen molar-refractivity contribution < 1.29 is 13.9 Å². The largest absolute Gasteiger partial charge is 0.381 e. The minimum Gasteiger partial charge on any atom is -0.381 e. The smallest absolute Gasteiger partial charge is 0.325 e. The van der Waals surface area contributed by atoms with Crippen LogP contribution in [0.5, 0.6) is 0 Å². The topological polar surface area (TPSA) is 20.2 Å². The van der Waals surface area contributed by atoms with E-state index in [9.17, 15) is 13.9 Å². The van der Waals surface area contributed by atoms with E-state index in [0.717, 1.165) is 33.7 Å². The van der Waals surface area contributed by atoms with Crippen molar-refractivity contribution in [3.63, 3.8) is 0 Å². The minimum absolute atomic E-state index is 0.217. The molecule has 0 bridgehead atoms. The van der Waals surface area contributed by atoms with E-state index in [0.29, 0.717) is 0 Å². The van der Waals surface area contributed by atoms with Crippen molar-refractivity contribution in [2.75, 3.05) is 0 Å². The summed E-state index contributed by atoms with van der Waals surface area (Å²) in [6, 6.07) is 16.1. The maximum absolute atomic E-state index is 13.0. The summed E-state index contributed by atoms with van der Waals surface area (Å²) in [5.41, 5.74) is 2.16. The highest BCUT2D eigenvalue weighted by Crippen LogP contribution is 2.37. The highest BCUT2D eigenvalue weighted by molar-refractivity contribution is 14.1. The first-order valence-corrected chi connectivity index (χ1v) is 6.46. The first kappa shape index (κ1) is 13.4. The predicted molar refractivity (Wildman–Crippen MR) is 75.8 cm³/mol. The van der Waals surface area contributed by atoms with Gasteiger partial charge in [0.1, 0.15) is 0 Å². The van der Waals surface area contributed by atoms with Crippen LogP contribution < -0.4 is 0 Å². The molecule has 1 atom stereocenters. The Hall–Kier alpha value is -1.01. The van der Waals surface area contributed by atoms with Gasteiger partial charge in [0.15, 0.2) is 6.10 Å². The Balaban J connectivity index is 2.26. The third-order valence-electron chi connectivity index (χ3n) is 2.64. The first-order valence-electron chi connectivity index (χ1n) is 5.38. The molecule has 1 N–H and O–H groups in total. The number of benzene rings is 2. The zero-order chi connectivity index (χ0) is 13.2. The van der Waals surface area contributed by atoms with Gasteiger partial charge >= 0.3 is 3.93 Å². The van der Waals surface area contributed by atoms with E-state index in [2.05, 4.69) is 0 Å². The van der Waals surface area contributed by atoms with Crippen LogP contribution in [0.1, 0.15) is 11.7 Å². The van der Waals surface area contributed by atoms with E-state index in [1.807, 2.05) is 30.3 Å². The lowest BCUT2D eigenvalue weighted by atomic mass is 10.0. The fraction of sp³-hybridized carbons (Fsp3) is 0.143. The van der Waals surface area contributed by atoms with Gasteiger partial charge in [-0.15, -0.1) is 0 Å². The molecule has 94 valence electrons. The molecule has 0 heterocycles. The zero-order valence-electron chi connectivity index (χ0n) is 9.35. The van der Waals surface area contributed by atoms with Crippen LogP contribution in [0, 0.1) is 0 Å². The first-order chi connectivity index (χ1) is 8.48. The molecule has 0 radical (unpaired) electrons. The zero-order valence-corrected chi connectivity index (χ0v) is 11.5. The second-order valence-electron chi connectivity index (χ2n) is 3.93. The predicted octanol–water partition coefficient (Wildman–Crippen LogP) is 4.41. The molecule has 0 saturated heterocycles. The lowest BCUT2D eigenvalue weighted by Crippen LogP contribution is -2.17. The van der Waals surface area contributed by atoms with Gasteiger partial charge in [-0.1, -0.05) is 54.6 Å². The maximum Gasteiger partial charge on any atom is 0.325 e. The quantitative estimate of drug-likeness (QED) is 0.635. The number of aliphatic hydroxyl groups is 1. The van der Waals surface area contributed by atoms with Crippen molar-refractivity contribution in [3.8, 4) is 11.1 Å². The van der Waals surface area contributed by atoms with Gasteiger partial charge in [-0.05, 0) is 16.7 Å². The van der Waals surface area contributed by atoms with Crippen molar-refractivity contribution >= 4 is 22.6 Å². The molecule has 0 aliphatic heterocycles. The summed E-state index contributed by atoms with van der Waals surface area (Å²) in [6.07, 6.45) is -1.78. The molecule has 2 aromatic rings. The van der Waals surface area contributed by atoms with E-state index in [-0.39, 0.29) is 5.56 Å². The van der Waals surface area contributed by atoms with Crippen molar-refractivity contribution in [1.29, 1.82) is 0 Å². The van der Waals surface area contributed by atoms with Crippen LogP contribution >= 0.6 is 22.6 Å². The van der Waals surface area contributed by atoms with E-state index in [1.165, 1.54) is 12.1 Å². The number of aliphatic hydroxyl groups excluding tert-OH is 1. The normalized spacial score (nSPS) is 13.3. The Labute approximate surface area is 118 Å². The molecule has 18 heavy (non-hydrogen) atoms. The van der Waals surface area contributed by atoms with Crippen LogP contribution in [-0.4, -0.2) is 9.04 Å². The third kappa shape index (κ3) is 3.05. The molecule has 0 aromatic heterocycles. The van der Waals surface area contributed by atoms with Crippen molar-refractivity contribution in [3.05, 3.63) is 60.2 Å². The van der Waals surface area contributed by atoms with Gasteiger partial charge in [-0.25, -0.2) is 0 Å². The maximum atomic E-state index is 13.0. The minimum atomic E-state index is -3.16. The summed E-state index contributed by atoms with van der Waals surface area (Å²) in [4.78, 5) is 0. The summed E-state index contributed by atoms with van der Waals surface area (Å²) < 4.78 is 22.8. The Kier molecular flexibility index (Phi) is 3.97. The molecule has 0 spiro atoms. The average molecular weight is 360 g/mol. The third-order valence-corrected chi connectivity index (χ3v) is 3.23. The highest BCUT2D eigenvalue weighted by Gasteiger charge is 2.35. The number of hydrogen-bond acceptors (Lipinski definition) is 1. The Morgan fingerprint density at radius 1 is 0.889 bits per heavy atom. The fourth-order valence-corrected chi connectivity index (χ4v) is 2.04. The number of hydrogen-bond donors (Lipinski definition) is 1. The summed E-state index contributed by atoms with van der Waals surface area (Å²) in [5, 5.41) is 9.46. The average Bonchev–Trinajstić information content (AvgIpc) is 2.38. The second-order valence-corrected chi connectivity index (χ2v) is 5.37. The monoisotopic (exact) mass is 360 g/mol. The highest BCUT2D eigenvalue weighted by atomic mass is 127. The molecule has 2 rings (SSSR count). The fourth-order valence-electron chi connectivity index (χ4n) is 1.68. The van der Waals surface area contributed by atoms with Crippen LogP contribution in [0.2, 0.25) is 0 Å². The second kappa shape index (κ2) is 5.32. The van der Waals surface area contributed by atoms with Crippen LogP contribution in [0.3, 0.4) is 0 Å². The summed E-state index contributed by atoms with van der Waals surface area (Å²) in [7, 11) is 0. The van der Waals surface area contributed by atoms with Crippen molar-refractivity contribution in [2.45, 2.75) is 10.0 Å². The molecule has 1 unspecified atom stereocenters. The van der Waals surface area contributed by atoms with Crippen LogP contribution in [0.25, 0.3) is 11.1 Å². The van der Waals surface area contributed by atoms with Gasteiger partial charge < -0.3 is 5.11 Å². The molecule has 0 aliphatic rings. The molecular formula is C14H11F2IO.